The predicted octanol–water partition coefficient (Wildman–Crippen LogP) is 2.30. The molecule has 0 spiro atoms. The molecule has 1 amide bonds. The molecule has 0 aliphatic carbocycles. The van der Waals surface area contributed by atoms with Crippen LogP contribution in [-0.2, 0) is 11.2 Å². The molecule has 5 nitrogen and oxygen atoms in total. The standard InChI is InChI=1S/C18H20N2O3/c1-23-12-3-4-15-14(10-12)13-6-8-20-16(17(13)19-15)5-2-11(7-9-21)18(20)22/h3-5,10-11,19,21H,2,6-9H2,1H3. The summed E-state index contributed by atoms with van der Waals surface area (Å²) in [6.45, 7) is 0.759. The fourth-order valence-electron chi connectivity index (χ4n) is 3.72. The van der Waals surface area contributed by atoms with E-state index in [4.69, 9.17) is 9.84 Å². The van der Waals surface area contributed by atoms with Crippen molar-refractivity contribution in [2.75, 3.05) is 20.3 Å². The van der Waals surface area contributed by atoms with Gasteiger partial charge in [-0.3, -0.25) is 4.79 Å². The van der Waals surface area contributed by atoms with Gasteiger partial charge in [0.05, 0.1) is 18.5 Å². The number of nitrogens with one attached hydrogen (secondary N) is 1. The zero-order valence-corrected chi connectivity index (χ0v) is 13.1. The van der Waals surface area contributed by atoms with Crippen LogP contribution in [-0.4, -0.2) is 41.2 Å². The van der Waals surface area contributed by atoms with Crippen LogP contribution in [0.3, 0.4) is 0 Å². The number of ether oxygens (including phenoxy) is 1. The number of aromatic nitrogens is 1. The third-order valence-corrected chi connectivity index (χ3v) is 4.93. The lowest BCUT2D eigenvalue weighted by atomic mass is 9.90. The Morgan fingerprint density at radius 2 is 2.30 bits per heavy atom. The van der Waals surface area contributed by atoms with Crippen molar-refractivity contribution in [1.29, 1.82) is 0 Å². The number of hydrogen-bond donors (Lipinski definition) is 2. The van der Waals surface area contributed by atoms with Crippen LogP contribution in [0.5, 0.6) is 5.75 Å². The third kappa shape index (κ3) is 2.15. The van der Waals surface area contributed by atoms with Crippen LogP contribution in [0.15, 0.2) is 24.3 Å². The summed E-state index contributed by atoms with van der Waals surface area (Å²) >= 11 is 0. The molecule has 3 heterocycles. The molecule has 1 atom stereocenters. The smallest absolute Gasteiger partial charge is 0.230 e. The number of carbonyl (C=O) groups is 1. The minimum absolute atomic E-state index is 0.0604. The molecule has 5 heteroatoms. The molecule has 0 bridgehead atoms. The van der Waals surface area contributed by atoms with Crippen LogP contribution in [0.2, 0.25) is 0 Å². The zero-order chi connectivity index (χ0) is 16.0. The second-order valence-corrected chi connectivity index (χ2v) is 6.16. The number of aliphatic hydroxyl groups is 1. The Bertz CT molecular complexity index is 806. The first-order valence-electron chi connectivity index (χ1n) is 8.04. The van der Waals surface area contributed by atoms with Gasteiger partial charge in [-0.15, -0.1) is 0 Å². The number of benzene rings is 1. The van der Waals surface area contributed by atoms with E-state index in [0.29, 0.717) is 19.4 Å². The molecule has 1 unspecified atom stereocenters. The first-order chi connectivity index (χ1) is 11.2. The number of nitrogens with zero attached hydrogens (tertiary/aromatic N) is 1. The van der Waals surface area contributed by atoms with Crippen molar-refractivity contribution in [3.63, 3.8) is 0 Å². The molecule has 4 rings (SSSR count). The van der Waals surface area contributed by atoms with Gasteiger partial charge >= 0.3 is 0 Å². The van der Waals surface area contributed by atoms with E-state index in [-0.39, 0.29) is 18.4 Å². The number of methoxy groups -OCH3 is 1. The molecule has 0 radical (unpaired) electrons. The molecular formula is C18H20N2O3. The fourth-order valence-corrected chi connectivity index (χ4v) is 3.72. The lowest BCUT2D eigenvalue weighted by Gasteiger charge is -2.36. The molecule has 2 aliphatic heterocycles. The van der Waals surface area contributed by atoms with Crippen molar-refractivity contribution >= 4 is 22.5 Å². The summed E-state index contributed by atoms with van der Waals surface area (Å²) in [5.74, 6) is 0.895. The lowest BCUT2D eigenvalue weighted by molar-refractivity contribution is -0.133. The van der Waals surface area contributed by atoms with Crippen LogP contribution < -0.4 is 4.74 Å². The van der Waals surface area contributed by atoms with Crippen molar-refractivity contribution < 1.29 is 14.6 Å². The highest BCUT2D eigenvalue weighted by Crippen LogP contribution is 2.38. The van der Waals surface area contributed by atoms with Gasteiger partial charge in [0.15, 0.2) is 0 Å². The van der Waals surface area contributed by atoms with Gasteiger partial charge in [-0.25, -0.2) is 0 Å². The van der Waals surface area contributed by atoms with E-state index in [1.165, 1.54) is 10.9 Å². The fraction of sp³-hybridized carbons (Fsp3) is 0.389. The monoisotopic (exact) mass is 312 g/mol. The SMILES string of the molecule is COc1ccc2[nH]c3c(c2c1)CCN1C(=O)C(CCO)CC=C31. The van der Waals surface area contributed by atoms with Gasteiger partial charge < -0.3 is 19.7 Å². The third-order valence-electron chi connectivity index (χ3n) is 4.93. The van der Waals surface area contributed by atoms with E-state index in [2.05, 4.69) is 17.1 Å². The number of H-pyrrole nitrogens is 1. The van der Waals surface area contributed by atoms with Crippen LogP contribution in [0.4, 0.5) is 0 Å². The number of allylic oxidation sites excluding steroid dienone is 1. The Morgan fingerprint density at radius 3 is 3.09 bits per heavy atom. The van der Waals surface area contributed by atoms with Gasteiger partial charge in [-0.05, 0) is 43.0 Å². The highest BCUT2D eigenvalue weighted by atomic mass is 16.5. The maximum Gasteiger partial charge on any atom is 0.230 e. The molecule has 0 saturated carbocycles. The zero-order valence-electron chi connectivity index (χ0n) is 13.1. The van der Waals surface area contributed by atoms with E-state index >= 15 is 0 Å². The number of carbonyl (C=O) groups excluding carboxylic acids is 1. The number of aliphatic hydroxyl groups excluding tert-OH is 1. The van der Waals surface area contributed by atoms with Gasteiger partial charge in [-0.2, -0.15) is 0 Å². The first-order valence-corrected chi connectivity index (χ1v) is 8.04. The van der Waals surface area contributed by atoms with E-state index in [1.807, 2.05) is 17.0 Å². The Labute approximate surface area is 134 Å². The molecule has 120 valence electrons. The number of aromatic amines is 1. The van der Waals surface area contributed by atoms with Gasteiger partial charge in [0, 0.05) is 30.0 Å². The summed E-state index contributed by atoms with van der Waals surface area (Å²) in [6.07, 6.45) is 4.20. The maximum absolute atomic E-state index is 12.6. The quantitative estimate of drug-likeness (QED) is 0.914. The van der Waals surface area contributed by atoms with Crippen LogP contribution >= 0.6 is 0 Å². The van der Waals surface area contributed by atoms with Gasteiger partial charge in [-0.1, -0.05) is 6.08 Å². The first kappa shape index (κ1) is 14.3. The Hall–Kier alpha value is -2.27. The summed E-state index contributed by atoms with van der Waals surface area (Å²) < 4.78 is 5.33. The number of hydrogen-bond acceptors (Lipinski definition) is 3. The minimum Gasteiger partial charge on any atom is -0.497 e. The van der Waals surface area contributed by atoms with E-state index in [0.717, 1.165) is 29.1 Å². The largest absolute Gasteiger partial charge is 0.497 e. The lowest BCUT2D eigenvalue weighted by Crippen LogP contribution is -2.41. The molecule has 2 aromatic rings. The second kappa shape index (κ2) is 5.42. The van der Waals surface area contributed by atoms with Crippen molar-refractivity contribution in [1.82, 2.24) is 9.88 Å². The predicted molar refractivity (Wildman–Crippen MR) is 88.1 cm³/mol. The number of amides is 1. The maximum atomic E-state index is 12.6. The highest BCUT2D eigenvalue weighted by Gasteiger charge is 2.35. The number of fused-ring (bicyclic) bond motifs is 5. The van der Waals surface area contributed by atoms with E-state index in [9.17, 15) is 4.79 Å². The number of rotatable bonds is 3. The summed E-state index contributed by atoms with van der Waals surface area (Å²) in [5, 5.41) is 10.3. The van der Waals surface area contributed by atoms with Crippen molar-refractivity contribution in [3.05, 3.63) is 35.5 Å². The van der Waals surface area contributed by atoms with E-state index < -0.39 is 0 Å². The molecule has 2 N–H and O–H groups in total. The molecule has 1 aromatic carbocycles. The average molecular weight is 312 g/mol. The van der Waals surface area contributed by atoms with Crippen molar-refractivity contribution in [2.24, 2.45) is 5.92 Å². The Morgan fingerprint density at radius 1 is 1.43 bits per heavy atom. The average Bonchev–Trinajstić information content (AvgIpc) is 2.95. The minimum atomic E-state index is -0.0882. The Kier molecular flexibility index (Phi) is 3.38. The highest BCUT2D eigenvalue weighted by molar-refractivity contribution is 5.96. The van der Waals surface area contributed by atoms with E-state index in [1.54, 1.807) is 7.11 Å². The van der Waals surface area contributed by atoms with Crippen LogP contribution in [0, 0.1) is 5.92 Å². The molecule has 1 aromatic heterocycles. The summed E-state index contributed by atoms with van der Waals surface area (Å²) in [6, 6.07) is 6.02. The van der Waals surface area contributed by atoms with Gasteiger partial charge in [0.1, 0.15) is 5.75 Å². The van der Waals surface area contributed by atoms with Crippen LogP contribution in [0.1, 0.15) is 24.1 Å². The summed E-state index contributed by atoms with van der Waals surface area (Å²) in [7, 11) is 1.67. The van der Waals surface area contributed by atoms with Gasteiger partial charge in [0.2, 0.25) is 5.91 Å². The second-order valence-electron chi connectivity index (χ2n) is 6.16. The normalized spacial score (nSPS) is 20.3. The molecule has 0 fully saturated rings. The van der Waals surface area contributed by atoms with Gasteiger partial charge in [0.25, 0.3) is 0 Å². The molecule has 23 heavy (non-hydrogen) atoms. The summed E-state index contributed by atoms with van der Waals surface area (Å²) in [5.41, 5.74) is 4.37. The molecule has 0 saturated heterocycles. The van der Waals surface area contributed by atoms with Crippen LogP contribution in [0.25, 0.3) is 16.6 Å². The van der Waals surface area contributed by atoms with Crippen molar-refractivity contribution in [3.8, 4) is 5.75 Å². The molecular weight excluding hydrogens is 292 g/mol. The molecule has 2 aliphatic rings. The topological polar surface area (TPSA) is 65.6 Å². The van der Waals surface area contributed by atoms with Crippen molar-refractivity contribution in [2.45, 2.75) is 19.3 Å². The Balaban J connectivity index is 1.80. The summed E-state index contributed by atoms with van der Waals surface area (Å²) in [4.78, 5) is 18.0.